The minimum atomic E-state index is -4.45. The summed E-state index contributed by atoms with van der Waals surface area (Å²) in [7, 11) is 0. The van der Waals surface area contributed by atoms with Crippen LogP contribution in [0.4, 0.5) is 23.7 Å². The molecule has 1 aromatic rings. The quantitative estimate of drug-likeness (QED) is 0.887. The number of hydrogen-bond acceptors (Lipinski definition) is 4. The molecule has 0 spiro atoms. The predicted molar refractivity (Wildman–Crippen MR) is 78.5 cm³/mol. The third-order valence-electron chi connectivity index (χ3n) is 3.15. The lowest BCUT2D eigenvalue weighted by Crippen LogP contribution is -2.35. The molecule has 1 fully saturated rings. The molecule has 1 aliphatic heterocycles. The van der Waals surface area contributed by atoms with Crippen LogP contribution in [0.15, 0.2) is 24.3 Å². The van der Waals surface area contributed by atoms with Crippen molar-refractivity contribution in [2.75, 3.05) is 11.9 Å². The van der Waals surface area contributed by atoms with Gasteiger partial charge in [-0.1, -0.05) is 19.4 Å². The number of carbonyl (C=O) groups excluding carboxylic acids is 2. The second kappa shape index (κ2) is 6.60. The number of imide groups is 1. The van der Waals surface area contributed by atoms with Crippen LogP contribution in [-0.4, -0.2) is 28.0 Å². The molecule has 8 heteroatoms. The third-order valence-corrected chi connectivity index (χ3v) is 4.13. The number of unbranched alkanes of at least 4 members (excludes halogenated alkanes) is 1. The summed E-state index contributed by atoms with van der Waals surface area (Å²) in [6, 6.07) is 4.56. The topological polar surface area (TPSA) is 49.4 Å². The van der Waals surface area contributed by atoms with Crippen LogP contribution in [0, 0.1) is 0 Å². The Morgan fingerprint density at radius 2 is 2.05 bits per heavy atom. The minimum Gasteiger partial charge on any atom is -0.365 e. The molecule has 0 aliphatic carbocycles. The van der Waals surface area contributed by atoms with Crippen LogP contribution in [0.3, 0.4) is 0 Å². The average Bonchev–Trinajstić information content (AvgIpc) is 2.71. The molecular formula is C14H15F3N2O2S. The summed E-state index contributed by atoms with van der Waals surface area (Å²) in [5.41, 5.74) is -0.645. The Bertz CT molecular complexity index is 577. The highest BCUT2D eigenvalue weighted by Gasteiger charge is 2.39. The van der Waals surface area contributed by atoms with E-state index in [4.69, 9.17) is 0 Å². The predicted octanol–water partition coefficient (Wildman–Crippen LogP) is 3.94. The molecule has 1 N–H and O–H groups in total. The molecule has 0 bridgehead atoms. The molecule has 0 saturated carbocycles. The van der Waals surface area contributed by atoms with Gasteiger partial charge in [0.2, 0.25) is 0 Å². The highest BCUT2D eigenvalue weighted by molar-refractivity contribution is 8.15. The first kappa shape index (κ1) is 16.7. The van der Waals surface area contributed by atoms with Gasteiger partial charge in [-0.2, -0.15) is 13.2 Å². The maximum Gasteiger partial charge on any atom is 0.416 e. The first-order valence-corrected chi connectivity index (χ1v) is 7.66. The zero-order valence-electron chi connectivity index (χ0n) is 11.8. The van der Waals surface area contributed by atoms with Crippen molar-refractivity contribution in [3.63, 3.8) is 0 Å². The number of amides is 2. The molecule has 1 aliphatic rings. The zero-order chi connectivity index (χ0) is 16.3. The van der Waals surface area contributed by atoms with Crippen molar-refractivity contribution < 1.29 is 22.8 Å². The average molecular weight is 332 g/mol. The van der Waals surface area contributed by atoms with Gasteiger partial charge in [-0.3, -0.25) is 14.5 Å². The number of anilines is 1. The van der Waals surface area contributed by atoms with Crippen molar-refractivity contribution >= 4 is 28.6 Å². The smallest absolute Gasteiger partial charge is 0.365 e. The summed E-state index contributed by atoms with van der Waals surface area (Å²) >= 11 is 0.785. The molecular weight excluding hydrogens is 317 g/mol. The normalized spacial score (nSPS) is 18.9. The third kappa shape index (κ3) is 3.73. The first-order valence-electron chi connectivity index (χ1n) is 6.78. The number of hydrogen-bond donors (Lipinski definition) is 1. The van der Waals surface area contributed by atoms with E-state index in [-0.39, 0.29) is 10.9 Å². The number of nitrogens with one attached hydrogen (secondary N) is 1. The van der Waals surface area contributed by atoms with Gasteiger partial charge in [0.05, 0.1) is 5.56 Å². The second-order valence-corrected chi connectivity index (χ2v) is 5.89. The summed E-state index contributed by atoms with van der Waals surface area (Å²) in [6.07, 6.45) is -2.91. The Hall–Kier alpha value is -1.70. The standard InChI is InChI=1S/C14H15F3N2O2S/c1-2-3-7-19-12(20)11(22-13(19)21)18-10-6-4-5-9(8-10)14(15,16)17/h4-6,8,11,18H,2-3,7H2,1H3. The number of carbonyl (C=O) groups is 2. The van der Waals surface area contributed by atoms with Crippen LogP contribution < -0.4 is 5.32 Å². The van der Waals surface area contributed by atoms with Crippen molar-refractivity contribution in [3.8, 4) is 0 Å². The summed E-state index contributed by atoms with van der Waals surface area (Å²) in [6.45, 7) is 2.28. The lowest BCUT2D eigenvalue weighted by molar-refractivity contribution is -0.137. The Balaban J connectivity index is 2.08. The Kier molecular flexibility index (Phi) is 5.00. The van der Waals surface area contributed by atoms with Crippen molar-refractivity contribution in [1.29, 1.82) is 0 Å². The molecule has 1 atom stereocenters. The van der Waals surface area contributed by atoms with Crippen molar-refractivity contribution in [2.45, 2.75) is 31.3 Å². The van der Waals surface area contributed by atoms with Crippen LogP contribution in [0.1, 0.15) is 25.3 Å². The number of rotatable bonds is 5. The molecule has 22 heavy (non-hydrogen) atoms. The first-order chi connectivity index (χ1) is 10.3. The van der Waals surface area contributed by atoms with Crippen molar-refractivity contribution in [2.24, 2.45) is 0 Å². The fourth-order valence-corrected chi connectivity index (χ4v) is 2.93. The summed E-state index contributed by atoms with van der Waals surface area (Å²) in [5.74, 6) is -0.416. The van der Waals surface area contributed by atoms with E-state index in [9.17, 15) is 22.8 Å². The molecule has 1 heterocycles. The lowest BCUT2D eigenvalue weighted by Gasteiger charge is -2.15. The second-order valence-electron chi connectivity index (χ2n) is 4.83. The van der Waals surface area contributed by atoms with Gasteiger partial charge >= 0.3 is 6.18 Å². The van der Waals surface area contributed by atoms with Gasteiger partial charge in [0, 0.05) is 12.2 Å². The van der Waals surface area contributed by atoms with Crippen LogP contribution in [0.5, 0.6) is 0 Å². The van der Waals surface area contributed by atoms with Crippen LogP contribution in [0.2, 0.25) is 0 Å². The number of halogens is 3. The van der Waals surface area contributed by atoms with E-state index in [1.54, 1.807) is 0 Å². The van der Waals surface area contributed by atoms with Gasteiger partial charge in [-0.05, 0) is 36.4 Å². The molecule has 120 valence electrons. The van der Waals surface area contributed by atoms with E-state index in [1.165, 1.54) is 12.1 Å². The summed E-state index contributed by atoms with van der Waals surface area (Å²) < 4.78 is 38.0. The van der Waals surface area contributed by atoms with Crippen molar-refractivity contribution in [1.82, 2.24) is 4.90 Å². The van der Waals surface area contributed by atoms with E-state index >= 15 is 0 Å². The van der Waals surface area contributed by atoms with Crippen LogP contribution >= 0.6 is 11.8 Å². The highest BCUT2D eigenvalue weighted by atomic mass is 32.2. The number of nitrogens with zero attached hydrogens (tertiary/aromatic N) is 1. The molecule has 1 unspecified atom stereocenters. The highest BCUT2D eigenvalue weighted by Crippen LogP contribution is 2.33. The number of thioether (sulfide) groups is 1. The van der Waals surface area contributed by atoms with Gasteiger partial charge in [-0.25, -0.2) is 0 Å². The number of alkyl halides is 3. The maximum absolute atomic E-state index is 12.7. The fraction of sp³-hybridized carbons (Fsp3) is 0.429. The molecule has 1 saturated heterocycles. The Morgan fingerprint density at radius 1 is 1.32 bits per heavy atom. The van der Waals surface area contributed by atoms with E-state index in [2.05, 4.69) is 5.32 Å². The van der Waals surface area contributed by atoms with Crippen molar-refractivity contribution in [3.05, 3.63) is 29.8 Å². The number of benzene rings is 1. The van der Waals surface area contributed by atoms with E-state index < -0.39 is 23.0 Å². The lowest BCUT2D eigenvalue weighted by atomic mass is 10.2. The van der Waals surface area contributed by atoms with Gasteiger partial charge < -0.3 is 5.32 Å². The molecule has 0 aromatic heterocycles. The molecule has 0 radical (unpaired) electrons. The van der Waals surface area contributed by atoms with E-state index in [0.717, 1.165) is 35.2 Å². The van der Waals surface area contributed by atoms with Gasteiger partial charge in [0.1, 0.15) is 0 Å². The van der Waals surface area contributed by atoms with Gasteiger partial charge in [0.25, 0.3) is 11.1 Å². The molecule has 1 aromatic carbocycles. The van der Waals surface area contributed by atoms with Crippen LogP contribution in [0.25, 0.3) is 0 Å². The van der Waals surface area contributed by atoms with Crippen LogP contribution in [-0.2, 0) is 11.0 Å². The largest absolute Gasteiger partial charge is 0.416 e. The molecule has 2 rings (SSSR count). The minimum absolute atomic E-state index is 0.158. The molecule has 4 nitrogen and oxygen atoms in total. The fourth-order valence-electron chi connectivity index (χ4n) is 1.99. The van der Waals surface area contributed by atoms with E-state index in [1.807, 2.05) is 6.92 Å². The SMILES string of the molecule is CCCCN1C(=O)SC(Nc2cccc(C(F)(F)F)c2)C1=O. The van der Waals surface area contributed by atoms with Gasteiger partial charge in [0.15, 0.2) is 5.37 Å². The maximum atomic E-state index is 12.7. The summed E-state index contributed by atoms with van der Waals surface area (Å²) in [5, 5.41) is 1.44. The Labute approximate surface area is 130 Å². The zero-order valence-corrected chi connectivity index (χ0v) is 12.6. The molecule has 2 amide bonds. The van der Waals surface area contributed by atoms with E-state index in [0.29, 0.717) is 13.0 Å². The monoisotopic (exact) mass is 332 g/mol. The van der Waals surface area contributed by atoms with Gasteiger partial charge in [-0.15, -0.1) is 0 Å². The Morgan fingerprint density at radius 3 is 2.68 bits per heavy atom. The summed E-state index contributed by atoms with van der Waals surface area (Å²) in [4.78, 5) is 25.0.